The maximum atomic E-state index is 13.7. The molecule has 1 aromatic carbocycles. The van der Waals surface area contributed by atoms with Crippen LogP contribution in [0.4, 0.5) is 17.6 Å². The van der Waals surface area contributed by atoms with E-state index in [1.807, 2.05) is 6.07 Å². The van der Waals surface area contributed by atoms with Crippen molar-refractivity contribution in [1.82, 2.24) is 4.90 Å². The van der Waals surface area contributed by atoms with Gasteiger partial charge in [0, 0.05) is 12.6 Å². The highest BCUT2D eigenvalue weighted by atomic mass is 19.4. The summed E-state index contributed by atoms with van der Waals surface area (Å²) in [6.45, 7) is 0.0929. The van der Waals surface area contributed by atoms with Gasteiger partial charge in [-0.3, -0.25) is 4.79 Å². The Morgan fingerprint density at radius 3 is 2.57 bits per heavy atom. The normalized spacial score (nSPS) is 14.6. The number of nitrogens with zero attached hydrogens (tertiary/aromatic N) is 2. The summed E-state index contributed by atoms with van der Waals surface area (Å²) in [6, 6.07) is 3.53. The van der Waals surface area contributed by atoms with Crippen LogP contribution in [0.15, 0.2) is 18.2 Å². The van der Waals surface area contributed by atoms with Gasteiger partial charge in [0.05, 0.1) is 23.6 Å². The van der Waals surface area contributed by atoms with Crippen molar-refractivity contribution in [3.8, 4) is 6.07 Å². The monoisotopic (exact) mass is 300 g/mol. The predicted molar refractivity (Wildman–Crippen MR) is 65.7 cm³/mol. The summed E-state index contributed by atoms with van der Waals surface area (Å²) < 4.78 is 51.6. The van der Waals surface area contributed by atoms with E-state index in [-0.39, 0.29) is 19.0 Å². The summed E-state index contributed by atoms with van der Waals surface area (Å²) in [4.78, 5) is 13.5. The standard InChI is InChI=1S/C14H12F4N2O/c15-12-5-2-9(14(16,17)18)8-11(12)13(21)20(7-1-6-19)10-3-4-10/h2,5,8,10H,1,3-4,7H2. The van der Waals surface area contributed by atoms with Crippen LogP contribution in [0.2, 0.25) is 0 Å². The minimum Gasteiger partial charge on any atom is -0.335 e. The van der Waals surface area contributed by atoms with Crippen molar-refractivity contribution in [3.63, 3.8) is 0 Å². The van der Waals surface area contributed by atoms with Gasteiger partial charge in [0.1, 0.15) is 5.82 Å². The van der Waals surface area contributed by atoms with Crippen LogP contribution in [-0.2, 0) is 6.18 Å². The van der Waals surface area contributed by atoms with Crippen molar-refractivity contribution in [2.45, 2.75) is 31.5 Å². The summed E-state index contributed by atoms with van der Waals surface area (Å²) in [5, 5.41) is 8.56. The summed E-state index contributed by atoms with van der Waals surface area (Å²) in [7, 11) is 0. The van der Waals surface area contributed by atoms with Crippen molar-refractivity contribution in [2.75, 3.05) is 6.54 Å². The van der Waals surface area contributed by atoms with Gasteiger partial charge in [-0.2, -0.15) is 18.4 Å². The average molecular weight is 300 g/mol. The third-order valence-electron chi connectivity index (χ3n) is 3.24. The fourth-order valence-corrected chi connectivity index (χ4v) is 2.03. The number of hydrogen-bond acceptors (Lipinski definition) is 2. The molecule has 1 aliphatic carbocycles. The Labute approximate surface area is 118 Å². The van der Waals surface area contributed by atoms with Crippen molar-refractivity contribution >= 4 is 5.91 Å². The maximum absolute atomic E-state index is 13.7. The van der Waals surface area contributed by atoms with Crippen LogP contribution in [0.25, 0.3) is 0 Å². The molecule has 0 bridgehead atoms. The van der Waals surface area contributed by atoms with Crippen molar-refractivity contribution < 1.29 is 22.4 Å². The molecule has 1 fully saturated rings. The topological polar surface area (TPSA) is 44.1 Å². The molecule has 0 aromatic heterocycles. The fourth-order valence-electron chi connectivity index (χ4n) is 2.03. The van der Waals surface area contributed by atoms with Gasteiger partial charge in [0.2, 0.25) is 0 Å². The molecule has 112 valence electrons. The van der Waals surface area contributed by atoms with Crippen LogP contribution in [0.5, 0.6) is 0 Å². The molecule has 1 saturated carbocycles. The molecule has 0 aliphatic heterocycles. The summed E-state index contributed by atoms with van der Waals surface area (Å²) in [5.74, 6) is -1.79. The quantitative estimate of drug-likeness (QED) is 0.800. The lowest BCUT2D eigenvalue weighted by Crippen LogP contribution is -2.34. The maximum Gasteiger partial charge on any atom is 0.416 e. The van der Waals surface area contributed by atoms with Crippen LogP contribution in [-0.4, -0.2) is 23.4 Å². The Bertz CT molecular complexity index is 588. The van der Waals surface area contributed by atoms with E-state index in [4.69, 9.17) is 5.26 Å². The Balaban J connectivity index is 2.30. The molecule has 3 nitrogen and oxygen atoms in total. The smallest absolute Gasteiger partial charge is 0.335 e. The molecule has 1 aliphatic rings. The van der Waals surface area contributed by atoms with Gasteiger partial charge in [-0.25, -0.2) is 4.39 Å². The highest BCUT2D eigenvalue weighted by molar-refractivity contribution is 5.95. The highest BCUT2D eigenvalue weighted by Crippen LogP contribution is 2.32. The molecule has 0 spiro atoms. The number of benzene rings is 1. The molecule has 1 amide bonds. The van der Waals surface area contributed by atoms with Crippen molar-refractivity contribution in [1.29, 1.82) is 5.26 Å². The second-order valence-corrected chi connectivity index (χ2v) is 4.83. The number of alkyl halides is 3. The molecule has 0 radical (unpaired) electrons. The molecular formula is C14H12F4N2O. The van der Waals surface area contributed by atoms with Crippen LogP contribution in [0, 0.1) is 17.1 Å². The van der Waals surface area contributed by atoms with Crippen molar-refractivity contribution in [3.05, 3.63) is 35.1 Å². The molecule has 0 unspecified atom stereocenters. The minimum absolute atomic E-state index is 0.0584. The van der Waals surface area contributed by atoms with Crippen LogP contribution < -0.4 is 0 Å². The minimum atomic E-state index is -4.64. The summed E-state index contributed by atoms with van der Waals surface area (Å²) in [5.41, 5.74) is -1.67. The number of hydrogen-bond donors (Lipinski definition) is 0. The molecule has 0 N–H and O–H groups in total. The molecule has 0 heterocycles. The lowest BCUT2D eigenvalue weighted by molar-refractivity contribution is -0.137. The predicted octanol–water partition coefficient (Wildman–Crippen LogP) is 3.36. The number of nitriles is 1. The van der Waals surface area contributed by atoms with Crippen LogP contribution in [0.1, 0.15) is 35.2 Å². The largest absolute Gasteiger partial charge is 0.416 e. The molecule has 7 heteroatoms. The highest BCUT2D eigenvalue weighted by Gasteiger charge is 2.36. The molecule has 0 atom stereocenters. The van der Waals surface area contributed by atoms with E-state index < -0.39 is 29.0 Å². The third-order valence-corrected chi connectivity index (χ3v) is 3.24. The van der Waals surface area contributed by atoms with E-state index in [9.17, 15) is 22.4 Å². The third kappa shape index (κ3) is 3.51. The van der Waals surface area contributed by atoms with Crippen molar-refractivity contribution in [2.24, 2.45) is 0 Å². The Morgan fingerprint density at radius 1 is 1.38 bits per heavy atom. The van der Waals surface area contributed by atoms with E-state index >= 15 is 0 Å². The summed E-state index contributed by atoms with van der Waals surface area (Å²) in [6.07, 6.45) is -3.14. The van der Waals surface area contributed by atoms with E-state index in [1.165, 1.54) is 4.90 Å². The number of halogens is 4. The zero-order chi connectivity index (χ0) is 15.6. The summed E-state index contributed by atoms with van der Waals surface area (Å²) >= 11 is 0. The SMILES string of the molecule is N#CCCN(C(=O)c1cc(C(F)(F)F)ccc1F)C1CC1. The van der Waals surface area contributed by atoms with Gasteiger partial charge in [0.25, 0.3) is 5.91 Å². The van der Waals surface area contributed by atoms with Crippen LogP contribution in [0.3, 0.4) is 0 Å². The molecule has 21 heavy (non-hydrogen) atoms. The Hall–Kier alpha value is -2.10. The Kier molecular flexibility index (Phi) is 4.16. The van der Waals surface area contributed by atoms with Gasteiger partial charge in [0.15, 0.2) is 0 Å². The first-order valence-electron chi connectivity index (χ1n) is 6.39. The molecule has 2 rings (SSSR count). The van der Waals surface area contributed by atoms with E-state index in [0.717, 1.165) is 12.8 Å². The molecular weight excluding hydrogens is 288 g/mol. The average Bonchev–Trinajstić information content (AvgIpc) is 3.22. The number of amides is 1. The van der Waals surface area contributed by atoms with Crippen LogP contribution >= 0.6 is 0 Å². The van der Waals surface area contributed by atoms with Gasteiger partial charge in [-0.1, -0.05) is 0 Å². The number of carbonyl (C=O) groups excluding carboxylic acids is 1. The van der Waals surface area contributed by atoms with Gasteiger partial charge < -0.3 is 4.90 Å². The lowest BCUT2D eigenvalue weighted by atomic mass is 10.1. The van der Waals surface area contributed by atoms with E-state index in [0.29, 0.717) is 18.2 Å². The zero-order valence-electron chi connectivity index (χ0n) is 11.0. The van der Waals surface area contributed by atoms with E-state index in [2.05, 4.69) is 0 Å². The number of rotatable bonds is 4. The van der Waals surface area contributed by atoms with Gasteiger partial charge in [-0.05, 0) is 31.0 Å². The van der Waals surface area contributed by atoms with E-state index in [1.54, 1.807) is 0 Å². The Morgan fingerprint density at radius 2 is 2.05 bits per heavy atom. The van der Waals surface area contributed by atoms with Gasteiger partial charge >= 0.3 is 6.18 Å². The number of carbonyl (C=O) groups is 1. The first-order valence-corrected chi connectivity index (χ1v) is 6.39. The fraction of sp³-hybridized carbons (Fsp3) is 0.429. The second kappa shape index (κ2) is 5.72. The molecule has 0 saturated heterocycles. The first kappa shape index (κ1) is 15.3. The molecule has 1 aromatic rings. The zero-order valence-corrected chi connectivity index (χ0v) is 11.0. The second-order valence-electron chi connectivity index (χ2n) is 4.83. The van der Waals surface area contributed by atoms with Gasteiger partial charge in [-0.15, -0.1) is 0 Å². The lowest BCUT2D eigenvalue weighted by Gasteiger charge is -2.22. The first-order chi connectivity index (χ1) is 9.84.